The summed E-state index contributed by atoms with van der Waals surface area (Å²) >= 11 is 2.35. The molecule has 0 spiro atoms. The van der Waals surface area contributed by atoms with E-state index in [4.69, 9.17) is 4.74 Å². The molecule has 1 aliphatic heterocycles. The molecule has 0 aromatic rings. The molecule has 0 aromatic carbocycles. The van der Waals surface area contributed by atoms with Crippen LogP contribution in [0.3, 0.4) is 0 Å². The summed E-state index contributed by atoms with van der Waals surface area (Å²) in [6, 6.07) is 0. The lowest BCUT2D eigenvalue weighted by Gasteiger charge is -2.00. The van der Waals surface area contributed by atoms with Crippen LogP contribution < -0.4 is 0 Å². The van der Waals surface area contributed by atoms with Gasteiger partial charge in [-0.15, -0.1) is 0 Å². The van der Waals surface area contributed by atoms with Crippen molar-refractivity contribution in [2.24, 2.45) is 5.92 Å². The van der Waals surface area contributed by atoms with E-state index in [1.807, 2.05) is 0 Å². The van der Waals surface area contributed by atoms with Crippen molar-refractivity contribution in [1.29, 1.82) is 0 Å². The SMILES string of the molecule is C1CCOC1.CCCCC1C=CC=C1.CCCI. The zero-order valence-electron chi connectivity index (χ0n) is 12.0. The van der Waals surface area contributed by atoms with Crippen LogP contribution >= 0.6 is 22.6 Å². The van der Waals surface area contributed by atoms with Crippen molar-refractivity contribution in [2.75, 3.05) is 17.6 Å². The van der Waals surface area contributed by atoms with Gasteiger partial charge in [0, 0.05) is 13.2 Å². The molecule has 106 valence electrons. The number of hydrogen-bond donors (Lipinski definition) is 0. The molecule has 0 radical (unpaired) electrons. The van der Waals surface area contributed by atoms with E-state index in [9.17, 15) is 0 Å². The summed E-state index contributed by atoms with van der Waals surface area (Å²) in [5.41, 5.74) is 0. The van der Waals surface area contributed by atoms with Gasteiger partial charge in [0.05, 0.1) is 0 Å². The molecule has 0 saturated carbocycles. The quantitative estimate of drug-likeness (QED) is 0.470. The summed E-state index contributed by atoms with van der Waals surface area (Å²) in [6.45, 7) is 6.41. The summed E-state index contributed by atoms with van der Waals surface area (Å²) in [5, 5.41) is 0. The zero-order valence-corrected chi connectivity index (χ0v) is 14.2. The van der Waals surface area contributed by atoms with Crippen LogP contribution in [0.15, 0.2) is 24.3 Å². The average Bonchev–Trinajstić information content (AvgIpc) is 3.11. The first kappa shape index (κ1) is 18.2. The molecule has 1 saturated heterocycles. The predicted molar refractivity (Wildman–Crippen MR) is 90.5 cm³/mol. The smallest absolute Gasteiger partial charge is 0.0466 e. The van der Waals surface area contributed by atoms with Gasteiger partial charge in [0.1, 0.15) is 0 Å². The molecule has 2 rings (SSSR count). The van der Waals surface area contributed by atoms with Gasteiger partial charge in [-0.2, -0.15) is 0 Å². The maximum Gasteiger partial charge on any atom is 0.0466 e. The lowest BCUT2D eigenvalue weighted by atomic mass is 10.0. The second-order valence-corrected chi connectivity index (χ2v) is 5.66. The van der Waals surface area contributed by atoms with Crippen LogP contribution in [0, 0.1) is 5.92 Å². The number of halogens is 1. The van der Waals surface area contributed by atoms with Gasteiger partial charge in [0.2, 0.25) is 0 Å². The second-order valence-electron chi connectivity index (χ2n) is 4.58. The Morgan fingerprint density at radius 1 is 1.06 bits per heavy atom. The summed E-state index contributed by atoms with van der Waals surface area (Å²) in [5.74, 6) is 0.755. The van der Waals surface area contributed by atoms with E-state index in [0.29, 0.717) is 0 Å². The van der Waals surface area contributed by atoms with E-state index >= 15 is 0 Å². The van der Waals surface area contributed by atoms with Crippen LogP contribution in [0.5, 0.6) is 0 Å². The molecule has 2 heteroatoms. The highest BCUT2D eigenvalue weighted by molar-refractivity contribution is 14.1. The van der Waals surface area contributed by atoms with Crippen molar-refractivity contribution in [3.63, 3.8) is 0 Å². The number of ether oxygens (including phenoxy) is 1. The van der Waals surface area contributed by atoms with E-state index < -0.39 is 0 Å². The van der Waals surface area contributed by atoms with Crippen molar-refractivity contribution >= 4 is 22.6 Å². The van der Waals surface area contributed by atoms with Crippen molar-refractivity contribution < 1.29 is 4.74 Å². The third-order valence-electron chi connectivity index (χ3n) is 2.74. The molecule has 1 nitrogen and oxygen atoms in total. The number of alkyl halides is 1. The third-order valence-corrected chi connectivity index (χ3v) is 3.81. The Morgan fingerprint density at radius 3 is 1.94 bits per heavy atom. The maximum atomic E-state index is 4.94. The summed E-state index contributed by atoms with van der Waals surface area (Å²) in [6.07, 6.45) is 16.7. The van der Waals surface area contributed by atoms with Gasteiger partial charge in [-0.05, 0) is 36.0 Å². The Labute approximate surface area is 127 Å². The normalized spacial score (nSPS) is 17.1. The minimum absolute atomic E-state index is 0.755. The van der Waals surface area contributed by atoms with Gasteiger partial charge in [0.25, 0.3) is 0 Å². The Bertz CT molecular complexity index is 186. The van der Waals surface area contributed by atoms with Gasteiger partial charge in [-0.1, -0.05) is 73.6 Å². The topological polar surface area (TPSA) is 9.23 Å². The van der Waals surface area contributed by atoms with Crippen molar-refractivity contribution in [3.05, 3.63) is 24.3 Å². The zero-order chi connectivity index (χ0) is 13.5. The number of rotatable bonds is 4. The van der Waals surface area contributed by atoms with Crippen LogP contribution in [0.2, 0.25) is 0 Å². The molecule has 0 unspecified atom stereocenters. The highest BCUT2D eigenvalue weighted by atomic mass is 127. The van der Waals surface area contributed by atoms with Crippen LogP contribution in [0.1, 0.15) is 52.4 Å². The third kappa shape index (κ3) is 12.6. The molecule has 2 aliphatic rings. The van der Waals surface area contributed by atoms with Crippen LogP contribution in [-0.2, 0) is 4.74 Å². The highest BCUT2D eigenvalue weighted by Crippen LogP contribution is 2.15. The summed E-state index contributed by atoms with van der Waals surface area (Å²) in [4.78, 5) is 0. The van der Waals surface area contributed by atoms with Gasteiger partial charge >= 0.3 is 0 Å². The molecule has 1 aliphatic carbocycles. The first-order valence-electron chi connectivity index (χ1n) is 7.33. The lowest BCUT2D eigenvalue weighted by Crippen LogP contribution is -1.86. The minimum Gasteiger partial charge on any atom is -0.381 e. The Hall–Kier alpha value is 0.170. The monoisotopic (exact) mass is 364 g/mol. The molecule has 0 N–H and O–H groups in total. The molecule has 18 heavy (non-hydrogen) atoms. The number of unbranched alkanes of at least 4 members (excludes halogenated alkanes) is 1. The van der Waals surface area contributed by atoms with Crippen LogP contribution in [0.4, 0.5) is 0 Å². The van der Waals surface area contributed by atoms with E-state index in [-0.39, 0.29) is 0 Å². The fourth-order valence-electron chi connectivity index (χ4n) is 1.62. The molecular weight excluding hydrogens is 335 g/mol. The largest absolute Gasteiger partial charge is 0.381 e. The molecular formula is C16H29IO. The van der Waals surface area contributed by atoms with Gasteiger partial charge < -0.3 is 4.74 Å². The fourth-order valence-corrected chi connectivity index (χ4v) is 1.62. The van der Waals surface area contributed by atoms with Crippen molar-refractivity contribution in [3.8, 4) is 0 Å². The molecule has 1 fully saturated rings. The number of hydrogen-bond acceptors (Lipinski definition) is 1. The Morgan fingerprint density at radius 2 is 1.61 bits per heavy atom. The Balaban J connectivity index is 0.000000272. The predicted octanol–water partition coefficient (Wildman–Crippen LogP) is 5.55. The second kappa shape index (κ2) is 15.2. The van der Waals surface area contributed by atoms with Gasteiger partial charge in [-0.3, -0.25) is 0 Å². The van der Waals surface area contributed by atoms with Crippen LogP contribution in [-0.4, -0.2) is 17.6 Å². The van der Waals surface area contributed by atoms with E-state index in [0.717, 1.165) is 19.1 Å². The lowest BCUT2D eigenvalue weighted by molar-refractivity contribution is 0.198. The number of allylic oxidation sites excluding steroid dienone is 4. The maximum absolute atomic E-state index is 4.94. The summed E-state index contributed by atoms with van der Waals surface area (Å²) < 4.78 is 6.23. The Kier molecular flexibility index (Phi) is 15.4. The molecule has 0 bridgehead atoms. The standard InChI is InChI=1S/C9H14.C4H8O.C3H7I/c1-2-3-6-9-7-4-5-8-9;1-2-4-5-3-1;1-2-3-4/h4-5,7-9H,2-3,6H2,1H3;1-4H2;2-3H2,1H3. The summed E-state index contributed by atoms with van der Waals surface area (Å²) in [7, 11) is 0. The van der Waals surface area contributed by atoms with Gasteiger partial charge in [0.15, 0.2) is 0 Å². The van der Waals surface area contributed by atoms with E-state index in [2.05, 4.69) is 60.7 Å². The van der Waals surface area contributed by atoms with Gasteiger partial charge in [-0.25, -0.2) is 0 Å². The molecule has 0 aromatic heterocycles. The first-order chi connectivity index (χ1) is 8.85. The minimum atomic E-state index is 0.755. The fraction of sp³-hybridized carbons (Fsp3) is 0.750. The molecule has 0 atom stereocenters. The van der Waals surface area contributed by atoms with Crippen molar-refractivity contribution in [1.82, 2.24) is 0 Å². The van der Waals surface area contributed by atoms with Crippen LogP contribution in [0.25, 0.3) is 0 Å². The first-order valence-corrected chi connectivity index (χ1v) is 8.86. The average molecular weight is 364 g/mol. The molecule has 0 amide bonds. The highest BCUT2D eigenvalue weighted by Gasteiger charge is 2.00. The molecule has 1 heterocycles. The van der Waals surface area contributed by atoms with E-state index in [1.165, 1.54) is 43.0 Å². The van der Waals surface area contributed by atoms with Crippen molar-refractivity contribution in [2.45, 2.75) is 52.4 Å². The van der Waals surface area contributed by atoms with E-state index in [1.54, 1.807) is 0 Å².